The molecule has 2 bridgehead atoms. The Hall–Kier alpha value is -0.930. The van der Waals surface area contributed by atoms with E-state index in [-0.39, 0.29) is 11.7 Å². The van der Waals surface area contributed by atoms with Crippen molar-refractivity contribution >= 4 is 0 Å². The first-order chi connectivity index (χ1) is 9.35. The molecule has 0 aliphatic carbocycles. The van der Waals surface area contributed by atoms with E-state index in [2.05, 4.69) is 6.92 Å². The molecule has 3 unspecified atom stereocenters. The van der Waals surface area contributed by atoms with Gasteiger partial charge in [0.05, 0.1) is 18.3 Å². The summed E-state index contributed by atoms with van der Waals surface area (Å²) < 4.78 is 26.7. The van der Waals surface area contributed by atoms with Crippen molar-refractivity contribution in [3.05, 3.63) is 35.9 Å². The van der Waals surface area contributed by atoms with Crippen molar-refractivity contribution in [1.82, 2.24) is 0 Å². The van der Waals surface area contributed by atoms with Gasteiger partial charge in [-0.2, -0.15) is 0 Å². The van der Waals surface area contributed by atoms with Crippen LogP contribution in [0.1, 0.15) is 45.6 Å². The van der Waals surface area contributed by atoms with Crippen LogP contribution in [0.5, 0.6) is 0 Å². The number of hydrogen-bond acceptors (Lipinski definition) is 2. The minimum atomic E-state index is -1.32. The van der Waals surface area contributed by atoms with Crippen LogP contribution in [-0.2, 0) is 16.1 Å². The summed E-state index contributed by atoms with van der Waals surface area (Å²) in [4.78, 5) is 0. The van der Waals surface area contributed by atoms with Crippen molar-refractivity contribution in [3.63, 3.8) is 0 Å². The average Bonchev–Trinajstić information content (AvgIpc) is 2.89. The minimum absolute atomic E-state index is 0.0218. The van der Waals surface area contributed by atoms with Crippen LogP contribution in [-0.4, -0.2) is 23.0 Å². The Morgan fingerprint density at radius 1 is 1.30 bits per heavy atom. The topological polar surface area (TPSA) is 18.5 Å². The Kier molecular flexibility index (Phi) is 3.18. The van der Waals surface area contributed by atoms with Crippen molar-refractivity contribution < 1.29 is 13.9 Å². The molecule has 2 saturated heterocycles. The van der Waals surface area contributed by atoms with E-state index in [0.717, 1.165) is 18.4 Å². The molecule has 20 heavy (non-hydrogen) atoms. The zero-order valence-electron chi connectivity index (χ0n) is 12.5. The Morgan fingerprint density at radius 3 is 2.60 bits per heavy atom. The van der Waals surface area contributed by atoms with Crippen molar-refractivity contribution in [2.24, 2.45) is 0 Å². The highest BCUT2D eigenvalue weighted by Gasteiger charge is 2.65. The molecule has 3 atom stereocenters. The molecule has 0 N–H and O–H groups in total. The molecule has 2 fully saturated rings. The number of hydrogen-bond donors (Lipinski definition) is 0. The first-order valence-electron chi connectivity index (χ1n) is 7.39. The second-order valence-electron chi connectivity index (χ2n) is 6.87. The smallest absolute Gasteiger partial charge is 0.134 e. The fraction of sp³-hybridized carbons (Fsp3) is 0.647. The molecular formula is C17H23FO2. The monoisotopic (exact) mass is 278 g/mol. The van der Waals surface area contributed by atoms with Gasteiger partial charge in [0.25, 0.3) is 0 Å². The number of ether oxygens (including phenoxy) is 2. The van der Waals surface area contributed by atoms with Crippen molar-refractivity contribution in [3.8, 4) is 0 Å². The fourth-order valence-corrected chi connectivity index (χ4v) is 3.55. The summed E-state index contributed by atoms with van der Waals surface area (Å²) in [6.07, 6.45) is 2.30. The predicted molar refractivity (Wildman–Crippen MR) is 76.3 cm³/mol. The van der Waals surface area contributed by atoms with Crippen molar-refractivity contribution in [1.29, 1.82) is 0 Å². The van der Waals surface area contributed by atoms with Crippen molar-refractivity contribution in [2.45, 2.75) is 69.6 Å². The van der Waals surface area contributed by atoms with Gasteiger partial charge >= 0.3 is 0 Å². The van der Waals surface area contributed by atoms with Gasteiger partial charge in [-0.25, -0.2) is 4.39 Å². The summed E-state index contributed by atoms with van der Waals surface area (Å²) >= 11 is 0. The van der Waals surface area contributed by atoms with Gasteiger partial charge in [-0.1, -0.05) is 30.3 Å². The first-order valence-corrected chi connectivity index (χ1v) is 7.39. The van der Waals surface area contributed by atoms with Crippen LogP contribution in [0.25, 0.3) is 0 Å². The lowest BCUT2D eigenvalue weighted by Crippen LogP contribution is -2.46. The molecule has 2 aliphatic rings. The maximum Gasteiger partial charge on any atom is 0.134 e. The first kappa shape index (κ1) is 14.0. The molecule has 110 valence electrons. The Bertz CT molecular complexity index is 482. The van der Waals surface area contributed by atoms with Crippen molar-refractivity contribution in [2.75, 3.05) is 0 Å². The fourth-order valence-electron chi connectivity index (χ4n) is 3.55. The molecule has 2 heterocycles. The second-order valence-corrected chi connectivity index (χ2v) is 6.87. The highest BCUT2D eigenvalue weighted by atomic mass is 19.1. The third-order valence-corrected chi connectivity index (χ3v) is 5.03. The molecule has 0 saturated carbocycles. The Labute approximate surface area is 120 Å². The van der Waals surface area contributed by atoms with Gasteiger partial charge < -0.3 is 9.47 Å². The standard InChI is InChI=1S/C17H23FO2/c1-15(2,18)17-10-9-16(3,20-17)14(11-17)19-12-13-7-5-4-6-8-13/h4-8,14H,9-12H2,1-3H3. The largest absolute Gasteiger partial charge is 0.370 e. The molecule has 0 radical (unpaired) electrons. The van der Waals surface area contributed by atoms with Crippen LogP contribution in [0.15, 0.2) is 30.3 Å². The normalized spacial score (nSPS) is 36.5. The predicted octanol–water partition coefficient (Wildman–Crippen LogP) is 4.03. The highest BCUT2D eigenvalue weighted by Crippen LogP contribution is 2.57. The zero-order valence-corrected chi connectivity index (χ0v) is 12.5. The van der Waals surface area contributed by atoms with Gasteiger partial charge in [0.1, 0.15) is 11.3 Å². The molecular weight excluding hydrogens is 255 g/mol. The molecule has 3 heteroatoms. The van der Waals surface area contributed by atoms with Crippen LogP contribution in [0.4, 0.5) is 4.39 Å². The number of alkyl halides is 1. The molecule has 0 amide bonds. The van der Waals surface area contributed by atoms with Crippen LogP contribution >= 0.6 is 0 Å². The summed E-state index contributed by atoms with van der Waals surface area (Å²) in [5.41, 5.74) is -1.18. The molecule has 0 spiro atoms. The van der Waals surface area contributed by atoms with Gasteiger partial charge in [-0.05, 0) is 39.2 Å². The van der Waals surface area contributed by atoms with Gasteiger partial charge in [-0.15, -0.1) is 0 Å². The van der Waals surface area contributed by atoms with E-state index >= 15 is 0 Å². The molecule has 0 aromatic heterocycles. The third-order valence-electron chi connectivity index (χ3n) is 5.03. The lowest BCUT2D eigenvalue weighted by Gasteiger charge is -2.35. The molecule has 3 rings (SSSR count). The highest BCUT2D eigenvalue weighted by molar-refractivity contribution is 5.16. The number of benzene rings is 1. The lowest BCUT2D eigenvalue weighted by atomic mass is 9.74. The van der Waals surface area contributed by atoms with Crippen LogP contribution < -0.4 is 0 Å². The summed E-state index contributed by atoms with van der Waals surface area (Å²) in [5, 5.41) is 0. The SMILES string of the molecule is CC12CCC(C(C)(C)F)(CC1OCc1ccccc1)O2. The quantitative estimate of drug-likeness (QED) is 0.828. The summed E-state index contributed by atoms with van der Waals surface area (Å²) in [6, 6.07) is 10.1. The molecule has 2 aliphatic heterocycles. The molecule has 2 nitrogen and oxygen atoms in total. The zero-order chi connectivity index (χ0) is 14.4. The average molecular weight is 278 g/mol. The van der Waals surface area contributed by atoms with Crippen LogP contribution in [0.2, 0.25) is 0 Å². The van der Waals surface area contributed by atoms with Crippen LogP contribution in [0, 0.1) is 0 Å². The van der Waals surface area contributed by atoms with Gasteiger partial charge in [0, 0.05) is 6.42 Å². The number of rotatable bonds is 4. The summed E-state index contributed by atoms with van der Waals surface area (Å²) in [6.45, 7) is 5.87. The van der Waals surface area contributed by atoms with E-state index < -0.39 is 11.3 Å². The lowest BCUT2D eigenvalue weighted by molar-refractivity contribution is -0.126. The minimum Gasteiger partial charge on any atom is -0.370 e. The van der Waals surface area contributed by atoms with E-state index in [9.17, 15) is 4.39 Å². The molecule has 1 aromatic rings. The maximum atomic E-state index is 14.5. The van der Waals surface area contributed by atoms with E-state index in [0.29, 0.717) is 13.0 Å². The summed E-state index contributed by atoms with van der Waals surface area (Å²) in [5.74, 6) is 0. The van der Waals surface area contributed by atoms with E-state index in [1.54, 1.807) is 13.8 Å². The number of fused-ring (bicyclic) bond motifs is 2. The maximum absolute atomic E-state index is 14.5. The van der Waals surface area contributed by atoms with E-state index in [1.165, 1.54) is 0 Å². The molecule has 1 aromatic carbocycles. The number of halogens is 1. The second kappa shape index (κ2) is 4.54. The van der Waals surface area contributed by atoms with Gasteiger partial charge in [-0.3, -0.25) is 0 Å². The summed E-state index contributed by atoms with van der Waals surface area (Å²) in [7, 11) is 0. The van der Waals surface area contributed by atoms with E-state index in [4.69, 9.17) is 9.47 Å². The van der Waals surface area contributed by atoms with Gasteiger partial charge in [0.2, 0.25) is 0 Å². The van der Waals surface area contributed by atoms with E-state index in [1.807, 2.05) is 30.3 Å². The third kappa shape index (κ3) is 2.17. The van der Waals surface area contributed by atoms with Gasteiger partial charge in [0.15, 0.2) is 0 Å². The Morgan fingerprint density at radius 2 is 2.00 bits per heavy atom. The van der Waals surface area contributed by atoms with Crippen LogP contribution in [0.3, 0.4) is 0 Å². The Balaban J connectivity index is 1.70.